The summed E-state index contributed by atoms with van der Waals surface area (Å²) in [6.07, 6.45) is 4.98. The molecule has 120 valence electrons. The molecular formula is C18H16N4O2. The van der Waals surface area contributed by atoms with Crippen LogP contribution in [0.4, 0.5) is 5.69 Å². The maximum Gasteiger partial charge on any atom is 0.258 e. The molecule has 6 nitrogen and oxygen atoms in total. The Kier molecular flexibility index (Phi) is 3.49. The lowest BCUT2D eigenvalue weighted by molar-refractivity contribution is 0.0984. The summed E-state index contributed by atoms with van der Waals surface area (Å²) in [5.41, 5.74) is 3.12. The highest BCUT2D eigenvalue weighted by molar-refractivity contribution is 6.07. The standard InChI is InChI=1S/C18H16N4O2/c23-16-5-1-3-13-4-2-10-22(17(13)16)18(24)14-6-8-15(9-7-14)21-11-19-20-12-21/h1,3,5-9,11-12,23H,2,4,10H2. The van der Waals surface area contributed by atoms with E-state index >= 15 is 0 Å². The molecule has 2 heterocycles. The Hall–Kier alpha value is -3.15. The number of anilines is 1. The number of para-hydroxylation sites is 1. The van der Waals surface area contributed by atoms with Crippen LogP contribution in [0.15, 0.2) is 55.1 Å². The van der Waals surface area contributed by atoms with Gasteiger partial charge in [-0.05, 0) is 48.7 Å². The first-order valence-corrected chi connectivity index (χ1v) is 7.82. The van der Waals surface area contributed by atoms with Gasteiger partial charge in [0, 0.05) is 17.8 Å². The molecule has 4 rings (SSSR count). The molecule has 0 aliphatic carbocycles. The number of nitrogens with zero attached hydrogens (tertiary/aromatic N) is 4. The summed E-state index contributed by atoms with van der Waals surface area (Å²) in [5, 5.41) is 17.7. The quantitative estimate of drug-likeness (QED) is 0.788. The fourth-order valence-corrected chi connectivity index (χ4v) is 3.10. The number of hydrogen-bond donors (Lipinski definition) is 1. The molecule has 0 unspecified atom stereocenters. The summed E-state index contributed by atoms with van der Waals surface area (Å²) in [6.45, 7) is 0.608. The van der Waals surface area contributed by atoms with Gasteiger partial charge in [-0.3, -0.25) is 9.36 Å². The first kappa shape index (κ1) is 14.4. The van der Waals surface area contributed by atoms with Crippen LogP contribution in [0.5, 0.6) is 5.75 Å². The van der Waals surface area contributed by atoms with Crippen molar-refractivity contribution in [3.05, 3.63) is 66.2 Å². The van der Waals surface area contributed by atoms with E-state index in [1.165, 1.54) is 0 Å². The Balaban J connectivity index is 1.66. The number of phenolic OH excluding ortho intramolecular Hbond substituents is 1. The van der Waals surface area contributed by atoms with E-state index in [2.05, 4.69) is 10.2 Å². The molecule has 24 heavy (non-hydrogen) atoms. The Labute approximate surface area is 139 Å². The number of aromatic nitrogens is 3. The van der Waals surface area contributed by atoms with Gasteiger partial charge in [-0.2, -0.15) is 0 Å². The lowest BCUT2D eigenvalue weighted by atomic mass is 10.00. The van der Waals surface area contributed by atoms with Crippen LogP contribution >= 0.6 is 0 Å². The van der Waals surface area contributed by atoms with Crippen molar-refractivity contribution in [3.8, 4) is 11.4 Å². The van der Waals surface area contributed by atoms with Crippen LogP contribution in [0.1, 0.15) is 22.3 Å². The number of carbonyl (C=O) groups is 1. The summed E-state index contributed by atoms with van der Waals surface area (Å²) in [6, 6.07) is 12.7. The second-order valence-electron chi connectivity index (χ2n) is 5.76. The molecule has 1 aliphatic rings. The van der Waals surface area contributed by atoms with Crippen molar-refractivity contribution in [1.29, 1.82) is 0 Å². The lowest BCUT2D eigenvalue weighted by Gasteiger charge is -2.30. The van der Waals surface area contributed by atoms with Gasteiger partial charge in [-0.25, -0.2) is 0 Å². The first-order valence-electron chi connectivity index (χ1n) is 7.82. The smallest absolute Gasteiger partial charge is 0.258 e. The van der Waals surface area contributed by atoms with Crippen molar-refractivity contribution >= 4 is 11.6 Å². The number of fused-ring (bicyclic) bond motifs is 1. The number of benzene rings is 2. The fourth-order valence-electron chi connectivity index (χ4n) is 3.10. The second kappa shape index (κ2) is 5.81. The van der Waals surface area contributed by atoms with Crippen LogP contribution in [0.2, 0.25) is 0 Å². The van der Waals surface area contributed by atoms with E-state index in [0.29, 0.717) is 17.8 Å². The van der Waals surface area contributed by atoms with E-state index < -0.39 is 0 Å². The van der Waals surface area contributed by atoms with Crippen LogP contribution in [0.3, 0.4) is 0 Å². The van der Waals surface area contributed by atoms with Crippen LogP contribution in [-0.2, 0) is 6.42 Å². The number of aryl methyl sites for hydroxylation is 1. The molecule has 6 heteroatoms. The van der Waals surface area contributed by atoms with Crippen LogP contribution < -0.4 is 4.90 Å². The number of hydrogen-bond acceptors (Lipinski definition) is 4. The molecular weight excluding hydrogens is 304 g/mol. The fraction of sp³-hybridized carbons (Fsp3) is 0.167. The van der Waals surface area contributed by atoms with Gasteiger partial charge in [0.25, 0.3) is 5.91 Å². The molecule has 0 saturated carbocycles. The van der Waals surface area contributed by atoms with Gasteiger partial charge in [0.1, 0.15) is 18.4 Å². The van der Waals surface area contributed by atoms with Crippen molar-refractivity contribution < 1.29 is 9.90 Å². The molecule has 1 aromatic heterocycles. The third-order valence-electron chi connectivity index (χ3n) is 4.27. The number of amides is 1. The van der Waals surface area contributed by atoms with Crippen molar-refractivity contribution in [2.45, 2.75) is 12.8 Å². The Morgan fingerprint density at radius 3 is 2.54 bits per heavy atom. The van der Waals surface area contributed by atoms with Crippen LogP contribution in [0, 0.1) is 0 Å². The summed E-state index contributed by atoms with van der Waals surface area (Å²) in [7, 11) is 0. The minimum Gasteiger partial charge on any atom is -0.506 e. The van der Waals surface area contributed by atoms with Gasteiger partial charge in [0.05, 0.1) is 5.69 Å². The Bertz CT molecular complexity index is 873. The molecule has 3 aromatic rings. The zero-order valence-electron chi connectivity index (χ0n) is 13.0. The normalized spacial score (nSPS) is 13.6. The molecule has 2 aromatic carbocycles. The van der Waals surface area contributed by atoms with Crippen LogP contribution in [-0.4, -0.2) is 32.3 Å². The summed E-state index contributed by atoms with van der Waals surface area (Å²) in [4.78, 5) is 14.6. The number of aromatic hydroxyl groups is 1. The molecule has 1 N–H and O–H groups in total. The van der Waals surface area contributed by atoms with E-state index in [1.54, 1.807) is 40.3 Å². The monoisotopic (exact) mass is 320 g/mol. The van der Waals surface area contributed by atoms with Crippen molar-refractivity contribution in [2.75, 3.05) is 11.4 Å². The second-order valence-corrected chi connectivity index (χ2v) is 5.76. The van der Waals surface area contributed by atoms with E-state index in [0.717, 1.165) is 24.1 Å². The SMILES string of the molecule is O=C(c1ccc(-n2cnnc2)cc1)N1CCCc2cccc(O)c21. The summed E-state index contributed by atoms with van der Waals surface area (Å²) in [5.74, 6) is 0.0504. The number of phenols is 1. The predicted octanol–water partition coefficient (Wildman–Crippen LogP) is 2.57. The van der Waals surface area contributed by atoms with Gasteiger partial charge in [0.15, 0.2) is 0 Å². The molecule has 1 amide bonds. The van der Waals surface area contributed by atoms with Crippen molar-refractivity contribution in [3.63, 3.8) is 0 Å². The predicted molar refractivity (Wildman–Crippen MR) is 89.5 cm³/mol. The first-order chi connectivity index (χ1) is 11.7. The van der Waals surface area contributed by atoms with Crippen molar-refractivity contribution in [1.82, 2.24) is 14.8 Å². The van der Waals surface area contributed by atoms with Gasteiger partial charge in [-0.1, -0.05) is 12.1 Å². The molecule has 0 bridgehead atoms. The minimum absolute atomic E-state index is 0.104. The molecule has 0 radical (unpaired) electrons. The van der Waals surface area contributed by atoms with Crippen LogP contribution in [0.25, 0.3) is 5.69 Å². The molecule has 0 fully saturated rings. The highest BCUT2D eigenvalue weighted by Crippen LogP contribution is 2.36. The molecule has 0 saturated heterocycles. The van der Waals surface area contributed by atoms with Gasteiger partial charge in [-0.15, -0.1) is 10.2 Å². The number of carbonyl (C=O) groups excluding carboxylic acids is 1. The maximum atomic E-state index is 12.9. The highest BCUT2D eigenvalue weighted by Gasteiger charge is 2.26. The van der Waals surface area contributed by atoms with Gasteiger partial charge >= 0.3 is 0 Å². The molecule has 0 atom stereocenters. The van der Waals surface area contributed by atoms with E-state index in [-0.39, 0.29) is 11.7 Å². The Morgan fingerprint density at radius 1 is 1.04 bits per heavy atom. The van der Waals surface area contributed by atoms with E-state index in [4.69, 9.17) is 0 Å². The molecule has 0 spiro atoms. The Morgan fingerprint density at radius 2 is 1.79 bits per heavy atom. The summed E-state index contributed by atoms with van der Waals surface area (Å²) < 4.78 is 1.77. The van der Waals surface area contributed by atoms with Crippen molar-refractivity contribution in [2.24, 2.45) is 0 Å². The lowest BCUT2D eigenvalue weighted by Crippen LogP contribution is -2.35. The third kappa shape index (κ3) is 2.42. The van der Waals surface area contributed by atoms with E-state index in [1.807, 2.05) is 24.3 Å². The average Bonchev–Trinajstić information content (AvgIpc) is 3.16. The van der Waals surface area contributed by atoms with Gasteiger partial charge < -0.3 is 10.0 Å². The zero-order valence-corrected chi connectivity index (χ0v) is 13.0. The topological polar surface area (TPSA) is 71.2 Å². The highest BCUT2D eigenvalue weighted by atomic mass is 16.3. The zero-order chi connectivity index (χ0) is 16.5. The average molecular weight is 320 g/mol. The minimum atomic E-state index is -0.104. The van der Waals surface area contributed by atoms with E-state index in [9.17, 15) is 9.90 Å². The molecule has 1 aliphatic heterocycles. The maximum absolute atomic E-state index is 12.9. The van der Waals surface area contributed by atoms with Gasteiger partial charge in [0.2, 0.25) is 0 Å². The third-order valence-corrected chi connectivity index (χ3v) is 4.27. The largest absolute Gasteiger partial charge is 0.506 e. The number of rotatable bonds is 2. The summed E-state index contributed by atoms with van der Waals surface area (Å²) >= 11 is 0.